The molecule has 1 aromatic rings. The van der Waals surface area contributed by atoms with Gasteiger partial charge in [0.15, 0.2) is 11.4 Å². The first kappa shape index (κ1) is 15.0. The summed E-state index contributed by atoms with van der Waals surface area (Å²) in [5.74, 6) is 0.451. The van der Waals surface area contributed by atoms with Crippen LogP contribution in [0.3, 0.4) is 0 Å². The molecular formula is C13H24FN3O. The maximum atomic E-state index is 15.4. The highest BCUT2D eigenvalue weighted by Crippen LogP contribution is 2.46. The predicted octanol–water partition coefficient (Wildman–Crippen LogP) is 2.64. The summed E-state index contributed by atoms with van der Waals surface area (Å²) >= 11 is 0. The molecule has 0 bridgehead atoms. The van der Waals surface area contributed by atoms with Gasteiger partial charge in [-0.3, -0.25) is 4.68 Å². The molecule has 0 saturated heterocycles. The molecule has 0 radical (unpaired) electrons. The number of aromatic nitrogens is 2. The van der Waals surface area contributed by atoms with E-state index < -0.39 is 11.1 Å². The first-order valence-corrected chi connectivity index (χ1v) is 6.20. The van der Waals surface area contributed by atoms with Gasteiger partial charge in [0.05, 0.1) is 13.3 Å². The summed E-state index contributed by atoms with van der Waals surface area (Å²) in [4.78, 5) is 0. The van der Waals surface area contributed by atoms with Gasteiger partial charge in [-0.1, -0.05) is 20.8 Å². The van der Waals surface area contributed by atoms with E-state index in [0.29, 0.717) is 11.4 Å². The van der Waals surface area contributed by atoms with Gasteiger partial charge >= 0.3 is 0 Å². The van der Waals surface area contributed by atoms with Crippen molar-refractivity contribution < 1.29 is 9.13 Å². The van der Waals surface area contributed by atoms with E-state index >= 15 is 4.39 Å². The standard InChI is InChI=1S/C13H24FN3O/c1-9(2)17-11(10(18-6)7-16-17)13(14,8-15)12(3,4)5/h7,9H,8,15H2,1-6H3. The molecule has 0 spiro atoms. The van der Waals surface area contributed by atoms with Crippen LogP contribution in [0, 0.1) is 5.41 Å². The van der Waals surface area contributed by atoms with E-state index in [1.165, 1.54) is 7.11 Å². The second-order valence-electron chi connectivity index (χ2n) is 5.86. The quantitative estimate of drug-likeness (QED) is 0.902. The second kappa shape index (κ2) is 4.88. The maximum Gasteiger partial charge on any atom is 0.172 e. The molecule has 0 saturated carbocycles. The van der Waals surface area contributed by atoms with Crippen molar-refractivity contribution in [2.24, 2.45) is 11.1 Å². The number of nitrogens with zero attached hydrogens (tertiary/aromatic N) is 2. The van der Waals surface area contributed by atoms with Gasteiger partial charge in [0.2, 0.25) is 0 Å². The summed E-state index contributed by atoms with van der Waals surface area (Å²) in [6, 6.07) is 0.0490. The van der Waals surface area contributed by atoms with E-state index in [4.69, 9.17) is 10.5 Å². The summed E-state index contributed by atoms with van der Waals surface area (Å²) in [6.07, 6.45) is 1.55. The van der Waals surface area contributed by atoms with Gasteiger partial charge in [0.1, 0.15) is 5.69 Å². The zero-order valence-corrected chi connectivity index (χ0v) is 12.1. The van der Waals surface area contributed by atoms with Crippen molar-refractivity contribution in [2.45, 2.75) is 46.3 Å². The fourth-order valence-corrected chi connectivity index (χ4v) is 2.02. The van der Waals surface area contributed by atoms with Crippen molar-refractivity contribution in [1.82, 2.24) is 9.78 Å². The lowest BCUT2D eigenvalue weighted by Crippen LogP contribution is -2.44. The molecule has 4 nitrogen and oxygen atoms in total. The highest BCUT2D eigenvalue weighted by molar-refractivity contribution is 5.33. The minimum Gasteiger partial charge on any atom is -0.493 e. The molecule has 104 valence electrons. The SMILES string of the molecule is COc1cnn(C(C)C)c1C(F)(CN)C(C)(C)C. The highest BCUT2D eigenvalue weighted by atomic mass is 19.1. The predicted molar refractivity (Wildman–Crippen MR) is 70.5 cm³/mol. The molecule has 18 heavy (non-hydrogen) atoms. The van der Waals surface area contributed by atoms with Gasteiger partial charge in [-0.15, -0.1) is 0 Å². The van der Waals surface area contributed by atoms with Crippen LogP contribution in [0.25, 0.3) is 0 Å². The van der Waals surface area contributed by atoms with E-state index in [-0.39, 0.29) is 12.6 Å². The summed E-state index contributed by atoms with van der Waals surface area (Å²) in [7, 11) is 1.52. The van der Waals surface area contributed by atoms with E-state index in [9.17, 15) is 0 Å². The number of rotatable bonds is 4. The van der Waals surface area contributed by atoms with Crippen LogP contribution in [-0.2, 0) is 5.67 Å². The lowest BCUT2D eigenvalue weighted by molar-refractivity contribution is 0.0217. The Morgan fingerprint density at radius 3 is 2.33 bits per heavy atom. The number of hydrogen-bond acceptors (Lipinski definition) is 3. The molecule has 5 heteroatoms. The van der Waals surface area contributed by atoms with Gasteiger partial charge in [-0.25, -0.2) is 4.39 Å². The molecule has 0 fully saturated rings. The minimum absolute atomic E-state index is 0.0490. The highest BCUT2D eigenvalue weighted by Gasteiger charge is 2.48. The van der Waals surface area contributed by atoms with Gasteiger partial charge in [0, 0.05) is 18.0 Å². The fourth-order valence-electron chi connectivity index (χ4n) is 2.02. The van der Waals surface area contributed by atoms with Crippen molar-refractivity contribution in [3.8, 4) is 5.75 Å². The topological polar surface area (TPSA) is 53.1 Å². The number of ether oxygens (including phenoxy) is 1. The van der Waals surface area contributed by atoms with Crippen LogP contribution in [0.5, 0.6) is 5.75 Å². The summed E-state index contributed by atoms with van der Waals surface area (Å²) in [6.45, 7) is 9.29. The molecule has 0 aliphatic carbocycles. The molecule has 0 aliphatic heterocycles. The van der Waals surface area contributed by atoms with Crippen LogP contribution in [0.2, 0.25) is 0 Å². The number of alkyl halides is 1. The largest absolute Gasteiger partial charge is 0.493 e. The smallest absolute Gasteiger partial charge is 0.172 e. The summed E-state index contributed by atoms with van der Waals surface area (Å²) < 4.78 is 22.3. The zero-order chi connectivity index (χ0) is 14.1. The Balaban J connectivity index is 3.50. The fraction of sp³-hybridized carbons (Fsp3) is 0.769. The Morgan fingerprint density at radius 1 is 1.44 bits per heavy atom. The van der Waals surface area contributed by atoms with Crippen LogP contribution in [0.4, 0.5) is 4.39 Å². The lowest BCUT2D eigenvalue weighted by Gasteiger charge is -2.38. The lowest BCUT2D eigenvalue weighted by atomic mass is 9.75. The van der Waals surface area contributed by atoms with Crippen LogP contribution in [0.15, 0.2) is 6.20 Å². The van der Waals surface area contributed by atoms with Crippen molar-refractivity contribution in [1.29, 1.82) is 0 Å². The molecular weight excluding hydrogens is 233 g/mol. The third kappa shape index (κ3) is 2.23. The first-order valence-electron chi connectivity index (χ1n) is 6.20. The van der Waals surface area contributed by atoms with Crippen LogP contribution < -0.4 is 10.5 Å². The Bertz CT molecular complexity index is 409. The Hall–Kier alpha value is -1.10. The van der Waals surface area contributed by atoms with Crippen molar-refractivity contribution in [3.05, 3.63) is 11.9 Å². The molecule has 1 unspecified atom stereocenters. The molecule has 0 aromatic carbocycles. The number of nitrogens with two attached hydrogens (primary N) is 1. The minimum atomic E-state index is -1.68. The van der Waals surface area contributed by atoms with Crippen LogP contribution in [0.1, 0.15) is 46.4 Å². The normalized spacial score (nSPS) is 15.8. The molecule has 1 rings (SSSR count). The zero-order valence-electron chi connectivity index (χ0n) is 12.1. The Morgan fingerprint density at radius 2 is 2.00 bits per heavy atom. The molecule has 1 atom stereocenters. The number of hydrogen-bond donors (Lipinski definition) is 1. The third-order valence-corrected chi connectivity index (χ3v) is 3.32. The third-order valence-electron chi connectivity index (χ3n) is 3.32. The Labute approximate surface area is 108 Å². The molecule has 2 N–H and O–H groups in total. The van der Waals surface area contributed by atoms with Crippen molar-refractivity contribution >= 4 is 0 Å². The van der Waals surface area contributed by atoms with Gasteiger partial charge in [-0.2, -0.15) is 5.10 Å². The molecule has 1 heterocycles. The van der Waals surface area contributed by atoms with Crippen molar-refractivity contribution in [2.75, 3.05) is 13.7 Å². The van der Waals surface area contributed by atoms with Crippen LogP contribution in [-0.4, -0.2) is 23.4 Å². The molecule has 0 aliphatic rings. The average Bonchev–Trinajstić information content (AvgIpc) is 2.70. The summed E-state index contributed by atoms with van der Waals surface area (Å²) in [5, 5.41) is 4.21. The summed E-state index contributed by atoms with van der Waals surface area (Å²) in [5.41, 5.74) is 3.81. The van der Waals surface area contributed by atoms with Crippen LogP contribution >= 0.6 is 0 Å². The monoisotopic (exact) mass is 257 g/mol. The van der Waals surface area contributed by atoms with E-state index in [1.54, 1.807) is 10.9 Å². The first-order chi connectivity index (χ1) is 8.19. The van der Waals surface area contributed by atoms with E-state index in [2.05, 4.69) is 5.10 Å². The number of methoxy groups -OCH3 is 1. The van der Waals surface area contributed by atoms with E-state index in [0.717, 1.165) is 0 Å². The van der Waals surface area contributed by atoms with Crippen molar-refractivity contribution in [3.63, 3.8) is 0 Å². The molecule has 0 amide bonds. The van der Waals surface area contributed by atoms with Gasteiger partial charge < -0.3 is 10.5 Å². The van der Waals surface area contributed by atoms with E-state index in [1.807, 2.05) is 34.6 Å². The van der Waals surface area contributed by atoms with Gasteiger partial charge in [-0.05, 0) is 13.8 Å². The Kier molecular flexibility index (Phi) is 4.05. The second-order valence-corrected chi connectivity index (χ2v) is 5.86. The van der Waals surface area contributed by atoms with Gasteiger partial charge in [0.25, 0.3) is 0 Å². The molecule has 1 aromatic heterocycles. The number of halogens is 1. The maximum absolute atomic E-state index is 15.4. The average molecular weight is 257 g/mol.